The summed E-state index contributed by atoms with van der Waals surface area (Å²) in [7, 11) is -0.349. The zero-order chi connectivity index (χ0) is 17.3. The smallest absolute Gasteiger partial charge is 0.337 e. The summed E-state index contributed by atoms with van der Waals surface area (Å²) in [6, 6.07) is 11.8. The van der Waals surface area contributed by atoms with E-state index >= 15 is 0 Å². The molecule has 0 bridgehead atoms. The van der Waals surface area contributed by atoms with Crippen LogP contribution in [0.1, 0.15) is 36.7 Å². The molecular formula is C19H26O3Si. The van der Waals surface area contributed by atoms with Gasteiger partial charge in [0.2, 0.25) is 0 Å². The van der Waals surface area contributed by atoms with E-state index in [0.717, 1.165) is 16.3 Å². The van der Waals surface area contributed by atoms with E-state index in [1.54, 1.807) is 6.07 Å². The Bertz CT molecular complexity index is 714. The van der Waals surface area contributed by atoms with Crippen LogP contribution in [0.3, 0.4) is 0 Å². The number of carbonyl (C=O) groups excluding carboxylic acids is 1. The third-order valence-corrected chi connectivity index (χ3v) is 9.21. The Hall–Kier alpha value is -1.65. The van der Waals surface area contributed by atoms with Crippen LogP contribution in [0.4, 0.5) is 0 Å². The second kappa shape index (κ2) is 6.46. The minimum absolute atomic E-state index is 0.208. The second-order valence-corrected chi connectivity index (χ2v) is 12.2. The summed E-state index contributed by atoms with van der Waals surface area (Å²) in [5, 5.41) is 2.34. The number of rotatable bonds is 4. The van der Waals surface area contributed by atoms with Gasteiger partial charge in [0.25, 0.3) is 0 Å². The fourth-order valence-corrected chi connectivity index (χ4v) is 3.07. The molecule has 3 nitrogen and oxygen atoms in total. The summed E-state index contributed by atoms with van der Waals surface area (Å²) < 4.78 is 11.0. The molecule has 124 valence electrons. The highest BCUT2D eigenvalue weighted by atomic mass is 28.4. The molecule has 0 amide bonds. The summed E-state index contributed by atoms with van der Waals surface area (Å²) in [5.41, 5.74) is 1.73. The van der Waals surface area contributed by atoms with Crippen LogP contribution in [-0.2, 0) is 15.8 Å². The summed E-state index contributed by atoms with van der Waals surface area (Å²) >= 11 is 0. The van der Waals surface area contributed by atoms with Crippen molar-refractivity contribution in [2.45, 2.75) is 45.5 Å². The lowest BCUT2D eigenvalue weighted by Crippen LogP contribution is -2.40. The number of carbonyl (C=O) groups is 1. The van der Waals surface area contributed by atoms with E-state index in [4.69, 9.17) is 9.16 Å². The molecule has 0 aliphatic heterocycles. The predicted molar refractivity (Wildman–Crippen MR) is 97.3 cm³/mol. The highest BCUT2D eigenvalue weighted by Crippen LogP contribution is 2.37. The van der Waals surface area contributed by atoms with Crippen LogP contribution in [0.25, 0.3) is 10.8 Å². The molecule has 0 saturated carbocycles. The Morgan fingerprint density at radius 1 is 1.04 bits per heavy atom. The molecule has 2 aromatic carbocycles. The summed E-state index contributed by atoms with van der Waals surface area (Å²) in [6.45, 7) is 11.9. The van der Waals surface area contributed by atoms with Gasteiger partial charge in [0.05, 0.1) is 19.3 Å². The number of esters is 1. The van der Waals surface area contributed by atoms with Crippen LogP contribution < -0.4 is 0 Å². The molecular weight excluding hydrogens is 304 g/mol. The van der Waals surface area contributed by atoms with Crippen molar-refractivity contribution in [3.63, 3.8) is 0 Å². The van der Waals surface area contributed by atoms with E-state index in [2.05, 4.69) is 46.0 Å². The van der Waals surface area contributed by atoms with E-state index in [1.807, 2.05) is 18.2 Å². The quantitative estimate of drug-likeness (QED) is 0.574. The molecule has 2 aromatic rings. The largest absolute Gasteiger partial charge is 0.465 e. The third kappa shape index (κ3) is 4.01. The fourth-order valence-electron chi connectivity index (χ4n) is 2.11. The van der Waals surface area contributed by atoms with Gasteiger partial charge in [-0.3, -0.25) is 0 Å². The maximum Gasteiger partial charge on any atom is 0.337 e. The van der Waals surface area contributed by atoms with E-state index < -0.39 is 8.32 Å². The SMILES string of the molecule is COC(=O)c1ccc2cc(CO[Si](C)(C)C(C)(C)C)ccc2c1. The van der Waals surface area contributed by atoms with Gasteiger partial charge in [0.1, 0.15) is 0 Å². The van der Waals surface area contributed by atoms with Crippen molar-refractivity contribution in [2.75, 3.05) is 7.11 Å². The van der Waals surface area contributed by atoms with Crippen molar-refractivity contribution in [3.8, 4) is 0 Å². The first-order chi connectivity index (χ1) is 10.6. The predicted octanol–water partition coefficient (Wildman–Crippen LogP) is 5.15. The zero-order valence-corrected chi connectivity index (χ0v) is 15.9. The molecule has 23 heavy (non-hydrogen) atoms. The van der Waals surface area contributed by atoms with Gasteiger partial charge in [-0.2, -0.15) is 0 Å². The average Bonchev–Trinajstić information content (AvgIpc) is 2.50. The fraction of sp³-hybridized carbons (Fsp3) is 0.421. The van der Waals surface area contributed by atoms with Crippen molar-refractivity contribution in [2.24, 2.45) is 0 Å². The van der Waals surface area contributed by atoms with Gasteiger partial charge in [-0.1, -0.05) is 39.0 Å². The summed E-state index contributed by atoms with van der Waals surface area (Å²) in [4.78, 5) is 11.6. The molecule has 0 fully saturated rings. The molecule has 0 heterocycles. The highest BCUT2D eigenvalue weighted by molar-refractivity contribution is 6.74. The van der Waals surface area contributed by atoms with Gasteiger partial charge in [0, 0.05) is 0 Å². The molecule has 0 radical (unpaired) electrons. The van der Waals surface area contributed by atoms with Crippen molar-refractivity contribution >= 4 is 25.1 Å². The molecule has 0 unspecified atom stereocenters. The van der Waals surface area contributed by atoms with Gasteiger partial charge >= 0.3 is 5.97 Å². The summed E-state index contributed by atoms with van der Waals surface area (Å²) in [5.74, 6) is -0.308. The molecule has 2 rings (SSSR count). The van der Waals surface area contributed by atoms with Crippen molar-refractivity contribution in [3.05, 3.63) is 47.5 Å². The first kappa shape index (κ1) is 17.7. The Kier molecular flexibility index (Phi) is 4.97. The van der Waals surface area contributed by atoms with E-state index in [1.165, 1.54) is 7.11 Å². The first-order valence-electron chi connectivity index (χ1n) is 7.89. The maximum absolute atomic E-state index is 11.6. The topological polar surface area (TPSA) is 35.5 Å². The molecule has 0 aliphatic carbocycles. The van der Waals surface area contributed by atoms with E-state index in [9.17, 15) is 4.79 Å². The molecule has 0 N–H and O–H groups in total. The normalized spacial score (nSPS) is 12.4. The van der Waals surface area contributed by atoms with Crippen LogP contribution in [0.15, 0.2) is 36.4 Å². The number of ether oxygens (including phenoxy) is 1. The van der Waals surface area contributed by atoms with Gasteiger partial charge in [0.15, 0.2) is 8.32 Å². The van der Waals surface area contributed by atoms with Gasteiger partial charge < -0.3 is 9.16 Å². The lowest BCUT2D eigenvalue weighted by molar-refractivity contribution is 0.0601. The minimum Gasteiger partial charge on any atom is -0.465 e. The Balaban J connectivity index is 2.20. The molecule has 0 atom stereocenters. The monoisotopic (exact) mass is 330 g/mol. The molecule has 0 aromatic heterocycles. The number of hydrogen-bond acceptors (Lipinski definition) is 3. The van der Waals surface area contributed by atoms with Gasteiger partial charge in [-0.25, -0.2) is 4.79 Å². The highest BCUT2D eigenvalue weighted by Gasteiger charge is 2.36. The minimum atomic E-state index is -1.75. The van der Waals surface area contributed by atoms with Gasteiger partial charge in [-0.15, -0.1) is 0 Å². The average molecular weight is 331 g/mol. The number of fused-ring (bicyclic) bond motifs is 1. The lowest BCUT2D eigenvalue weighted by Gasteiger charge is -2.36. The van der Waals surface area contributed by atoms with Gasteiger partial charge in [-0.05, 0) is 52.7 Å². The van der Waals surface area contributed by atoms with Crippen LogP contribution in [0.2, 0.25) is 18.1 Å². The second-order valence-electron chi connectivity index (χ2n) is 7.44. The molecule has 4 heteroatoms. The van der Waals surface area contributed by atoms with E-state index in [0.29, 0.717) is 12.2 Å². The van der Waals surface area contributed by atoms with Crippen LogP contribution in [0.5, 0.6) is 0 Å². The molecule has 0 saturated heterocycles. The number of methoxy groups -OCH3 is 1. The Morgan fingerprint density at radius 3 is 2.26 bits per heavy atom. The standard InChI is InChI=1S/C19H26O3Si/c1-19(2,3)23(5,6)22-13-14-7-8-16-12-17(18(20)21-4)10-9-15(16)11-14/h7-12H,13H2,1-6H3. The lowest BCUT2D eigenvalue weighted by atomic mass is 10.0. The van der Waals surface area contributed by atoms with Crippen LogP contribution >= 0.6 is 0 Å². The Labute approximate surface area is 139 Å². The summed E-state index contributed by atoms with van der Waals surface area (Å²) in [6.07, 6.45) is 0. The third-order valence-electron chi connectivity index (χ3n) is 4.73. The zero-order valence-electron chi connectivity index (χ0n) is 14.9. The van der Waals surface area contributed by atoms with Crippen molar-refractivity contribution in [1.82, 2.24) is 0 Å². The van der Waals surface area contributed by atoms with Crippen LogP contribution in [-0.4, -0.2) is 21.4 Å². The first-order valence-corrected chi connectivity index (χ1v) is 10.8. The Morgan fingerprint density at radius 2 is 1.65 bits per heavy atom. The molecule has 0 spiro atoms. The number of benzene rings is 2. The van der Waals surface area contributed by atoms with E-state index in [-0.39, 0.29) is 11.0 Å². The number of hydrogen-bond donors (Lipinski definition) is 0. The maximum atomic E-state index is 11.6. The van der Waals surface area contributed by atoms with Crippen molar-refractivity contribution < 1.29 is 14.0 Å². The van der Waals surface area contributed by atoms with Crippen molar-refractivity contribution in [1.29, 1.82) is 0 Å². The molecule has 0 aliphatic rings. The van der Waals surface area contributed by atoms with Crippen LogP contribution in [0, 0.1) is 0 Å².